The minimum atomic E-state index is -1.06. The highest BCUT2D eigenvalue weighted by Crippen LogP contribution is 2.66. The van der Waals surface area contributed by atoms with Crippen molar-refractivity contribution in [3.8, 4) is 23.0 Å². The van der Waals surface area contributed by atoms with E-state index in [-0.39, 0.29) is 23.6 Å². The minimum Gasteiger partial charge on any atom is -0.504 e. The van der Waals surface area contributed by atoms with Crippen LogP contribution in [-0.4, -0.2) is 103 Å². The van der Waals surface area contributed by atoms with Gasteiger partial charge in [0, 0.05) is 49.4 Å². The van der Waals surface area contributed by atoms with Gasteiger partial charge in [0.05, 0.1) is 33.5 Å². The second kappa shape index (κ2) is 9.50. The van der Waals surface area contributed by atoms with E-state index in [1.54, 1.807) is 12.1 Å². The molecule has 2 saturated carbocycles. The summed E-state index contributed by atoms with van der Waals surface area (Å²) in [6.07, 6.45) is 7.42. The summed E-state index contributed by atoms with van der Waals surface area (Å²) >= 11 is 0. The first-order valence-corrected chi connectivity index (χ1v) is 17.5. The van der Waals surface area contributed by atoms with E-state index in [9.17, 15) is 20.4 Å². The zero-order valence-corrected chi connectivity index (χ0v) is 27.1. The number of likely N-dealkylation sites (tertiary alicyclic amines) is 2. The SMILES string of the molecule is C=CCN1CC[C@]23c4c5ccc(O)c4O[C@@H]2/C(=N/N=C2\CC[C@@]4(O)C6Cc7ccc(O)c8c7[C@@]4(CCN6CC=C)[C@@H]2O8)CC[C@@]3(O)C1C5. The van der Waals surface area contributed by atoms with Crippen molar-refractivity contribution >= 4 is 11.4 Å². The number of rotatable bonds is 5. The van der Waals surface area contributed by atoms with Gasteiger partial charge in [-0.1, -0.05) is 24.3 Å². The fourth-order valence-electron chi connectivity index (χ4n) is 12.0. The topological polar surface area (TPSA) is 131 Å². The molecule has 2 unspecified atom stereocenters. The molecule has 0 radical (unpaired) electrons. The molecule has 4 bridgehead atoms. The lowest BCUT2D eigenvalue weighted by Crippen LogP contribution is -2.76. The Balaban J connectivity index is 1.08. The quantitative estimate of drug-likeness (QED) is 0.287. The molecule has 2 aromatic rings. The average Bonchev–Trinajstić information content (AvgIpc) is 3.61. The number of phenolic OH excluding ortho intramolecular Hbond substituents is 2. The maximum Gasteiger partial charge on any atom is 0.166 e. The number of benzene rings is 2. The van der Waals surface area contributed by atoms with E-state index < -0.39 is 34.2 Å². The zero-order chi connectivity index (χ0) is 32.8. The Morgan fingerprint density at radius 3 is 1.56 bits per heavy atom. The molecule has 8 atom stereocenters. The van der Waals surface area contributed by atoms with E-state index >= 15 is 0 Å². The van der Waals surface area contributed by atoms with Crippen LogP contribution in [0, 0.1) is 0 Å². The van der Waals surface area contributed by atoms with Gasteiger partial charge in [-0.2, -0.15) is 10.2 Å². The van der Waals surface area contributed by atoms with Crippen LogP contribution >= 0.6 is 0 Å². The summed E-state index contributed by atoms with van der Waals surface area (Å²) in [6.45, 7) is 10.9. The lowest BCUT2D eigenvalue weighted by molar-refractivity contribution is -0.164. The van der Waals surface area contributed by atoms with Crippen LogP contribution in [0.2, 0.25) is 0 Å². The first kappa shape index (κ1) is 29.2. The fourth-order valence-corrected chi connectivity index (χ4v) is 12.0. The number of nitrogens with zero attached hydrogens (tertiary/aromatic N) is 4. The van der Waals surface area contributed by atoms with Crippen LogP contribution in [0.1, 0.15) is 60.8 Å². The standard InChI is InChI=1S/C38H42N4O6/c1-3-15-41-17-13-35-29-21-5-7-25(43)31(29)47-33(35)23(9-11-37(35,45)27(41)19-21)39-40-24-10-12-38(46)28-20-22-6-8-26(44)32-30(22)36(38,34(24)48-32)14-18-42(28)16-4-2/h3-8,27-28,33-34,43-46H,1-2,9-20H2/b39-23+,40-24+/t27?,28?,33-,34-,35+,36+,37-,38-/m1/s1. The van der Waals surface area contributed by atoms with Crippen molar-refractivity contribution in [3.63, 3.8) is 0 Å². The Kier molecular flexibility index (Phi) is 5.79. The molecule has 10 nitrogen and oxygen atoms in total. The molecular formula is C38H42N4O6. The number of ether oxygens (including phenoxy) is 2. The third kappa shape index (κ3) is 3.15. The Labute approximate surface area is 279 Å². The Bertz CT molecular complexity index is 1740. The summed E-state index contributed by atoms with van der Waals surface area (Å²) < 4.78 is 13.3. The molecule has 48 heavy (non-hydrogen) atoms. The van der Waals surface area contributed by atoms with Crippen molar-refractivity contribution in [1.29, 1.82) is 0 Å². The first-order valence-electron chi connectivity index (χ1n) is 17.5. The lowest BCUT2D eigenvalue weighted by atomic mass is 9.48. The van der Waals surface area contributed by atoms with Crippen LogP contribution in [0.15, 0.2) is 59.8 Å². The van der Waals surface area contributed by atoms with E-state index in [1.807, 2.05) is 24.3 Å². The lowest BCUT2D eigenvalue weighted by Gasteiger charge is -2.63. The Morgan fingerprint density at radius 1 is 0.708 bits per heavy atom. The van der Waals surface area contributed by atoms with Gasteiger partial charge in [0.2, 0.25) is 0 Å². The third-order valence-electron chi connectivity index (χ3n) is 13.8. The summed E-state index contributed by atoms with van der Waals surface area (Å²) in [5, 5.41) is 57.4. The van der Waals surface area contributed by atoms with Crippen LogP contribution in [-0.2, 0) is 23.7 Å². The van der Waals surface area contributed by atoms with Crippen LogP contribution < -0.4 is 9.47 Å². The minimum absolute atomic E-state index is 0.0885. The molecule has 4 heterocycles. The summed E-state index contributed by atoms with van der Waals surface area (Å²) in [5.74, 6) is 1.11. The highest BCUT2D eigenvalue weighted by atomic mass is 16.5. The van der Waals surface area contributed by atoms with Gasteiger partial charge in [0.25, 0.3) is 0 Å². The number of hydrogen-bond donors (Lipinski definition) is 4. The second-order valence-corrected chi connectivity index (χ2v) is 15.4. The molecule has 4 fully saturated rings. The number of piperidine rings is 2. The van der Waals surface area contributed by atoms with Crippen LogP contribution in [0.5, 0.6) is 23.0 Å². The fraction of sp³-hybridized carbons (Fsp3) is 0.526. The van der Waals surface area contributed by atoms with Gasteiger partial charge in [0.1, 0.15) is 0 Å². The summed E-state index contributed by atoms with van der Waals surface area (Å²) in [4.78, 5) is 4.68. The van der Waals surface area contributed by atoms with Crippen molar-refractivity contribution in [2.24, 2.45) is 10.2 Å². The van der Waals surface area contributed by atoms with Gasteiger partial charge in [-0.3, -0.25) is 9.80 Å². The van der Waals surface area contributed by atoms with Crippen LogP contribution in [0.25, 0.3) is 0 Å². The maximum atomic E-state index is 12.7. The van der Waals surface area contributed by atoms with Gasteiger partial charge in [-0.05, 0) is 74.6 Å². The predicted molar refractivity (Wildman–Crippen MR) is 179 cm³/mol. The molecule has 2 saturated heterocycles. The van der Waals surface area contributed by atoms with E-state index in [0.29, 0.717) is 76.0 Å². The van der Waals surface area contributed by atoms with Gasteiger partial charge in [-0.15, -0.1) is 13.2 Å². The van der Waals surface area contributed by atoms with Crippen molar-refractivity contribution < 1.29 is 29.9 Å². The van der Waals surface area contributed by atoms with Gasteiger partial charge in [0.15, 0.2) is 35.2 Å². The molecule has 10 heteroatoms. The van der Waals surface area contributed by atoms with Crippen molar-refractivity contribution in [3.05, 3.63) is 71.8 Å². The zero-order valence-electron chi connectivity index (χ0n) is 27.1. The molecule has 8 aliphatic rings. The number of phenols is 2. The highest BCUT2D eigenvalue weighted by Gasteiger charge is 2.74. The van der Waals surface area contributed by atoms with E-state index in [0.717, 1.165) is 46.8 Å². The van der Waals surface area contributed by atoms with E-state index in [1.165, 1.54) is 0 Å². The highest BCUT2D eigenvalue weighted by molar-refractivity contribution is 5.97. The summed E-state index contributed by atoms with van der Waals surface area (Å²) in [5.41, 5.74) is 1.99. The van der Waals surface area contributed by atoms with Gasteiger partial charge in [-0.25, -0.2) is 0 Å². The largest absolute Gasteiger partial charge is 0.504 e. The Hall–Kier alpha value is -3.70. The van der Waals surface area contributed by atoms with E-state index in [2.05, 4.69) is 23.0 Å². The molecule has 2 spiro atoms. The number of aliphatic hydroxyl groups is 2. The Morgan fingerprint density at radius 2 is 1.15 bits per heavy atom. The molecule has 0 aromatic heterocycles. The van der Waals surface area contributed by atoms with Gasteiger partial charge >= 0.3 is 0 Å². The first-order chi connectivity index (χ1) is 23.2. The van der Waals surface area contributed by atoms with Crippen molar-refractivity contribution in [2.75, 3.05) is 26.2 Å². The normalized spacial score (nSPS) is 41.4. The molecule has 250 valence electrons. The number of aromatic hydroxyl groups is 2. The monoisotopic (exact) mass is 650 g/mol. The molecule has 0 amide bonds. The number of hydrogen-bond acceptors (Lipinski definition) is 10. The van der Waals surface area contributed by atoms with E-state index in [4.69, 9.17) is 19.7 Å². The van der Waals surface area contributed by atoms with Crippen molar-refractivity contribution in [2.45, 2.75) is 97.7 Å². The maximum absolute atomic E-state index is 12.7. The van der Waals surface area contributed by atoms with Gasteiger partial charge < -0.3 is 29.9 Å². The predicted octanol–water partition coefficient (Wildman–Crippen LogP) is 3.28. The average molecular weight is 651 g/mol. The van der Waals surface area contributed by atoms with Crippen molar-refractivity contribution in [1.82, 2.24) is 9.80 Å². The third-order valence-corrected chi connectivity index (χ3v) is 13.8. The molecule has 4 N–H and O–H groups in total. The molecule has 10 rings (SSSR count). The summed E-state index contributed by atoms with van der Waals surface area (Å²) in [6, 6.07) is 7.18. The van der Waals surface area contributed by atoms with Crippen LogP contribution in [0.3, 0.4) is 0 Å². The second-order valence-electron chi connectivity index (χ2n) is 15.4. The molecule has 2 aromatic carbocycles. The smallest absolute Gasteiger partial charge is 0.166 e. The van der Waals surface area contributed by atoms with Crippen LogP contribution in [0.4, 0.5) is 0 Å². The molecular weight excluding hydrogens is 608 g/mol. The summed E-state index contributed by atoms with van der Waals surface area (Å²) in [7, 11) is 0. The molecule has 4 aliphatic carbocycles. The molecule has 4 aliphatic heterocycles.